The Kier molecular flexibility index (Phi) is 4.73. The van der Waals surface area contributed by atoms with E-state index < -0.39 is 0 Å². The number of aryl methyl sites for hydroxylation is 1. The van der Waals surface area contributed by atoms with Gasteiger partial charge in [0.2, 0.25) is 0 Å². The second-order valence-corrected chi connectivity index (χ2v) is 3.03. The highest BCUT2D eigenvalue weighted by Crippen LogP contribution is 1.90. The molecular weight excluding hydrogens is 176 g/mol. The fourth-order valence-electron chi connectivity index (χ4n) is 1.13. The van der Waals surface area contributed by atoms with Crippen LogP contribution in [0.4, 0.5) is 0 Å². The van der Waals surface area contributed by atoms with Gasteiger partial charge in [-0.05, 0) is 6.92 Å². The smallest absolute Gasteiger partial charge is 0.133 e. The molecule has 1 N–H and O–H groups in total. The van der Waals surface area contributed by atoms with Crippen LogP contribution in [-0.2, 0) is 13.5 Å². The van der Waals surface area contributed by atoms with Crippen molar-refractivity contribution in [2.24, 2.45) is 7.05 Å². The minimum atomic E-state index is 0.912. The lowest BCUT2D eigenvalue weighted by Gasteiger charge is -2.01. The molecule has 14 heavy (non-hydrogen) atoms. The number of aromatic nitrogens is 3. The first kappa shape index (κ1) is 10.7. The number of rotatable bonds is 5. The Morgan fingerprint density at radius 2 is 2.36 bits per heavy atom. The minimum Gasteiger partial charge on any atom is -0.321 e. The molecule has 0 aliphatic rings. The number of nitrogens with zero attached hydrogens (tertiary/aromatic N) is 3. The van der Waals surface area contributed by atoms with E-state index in [1.54, 1.807) is 6.33 Å². The largest absolute Gasteiger partial charge is 0.321 e. The number of hydrogen-bond donors (Lipinski definition) is 1. The molecule has 0 saturated carbocycles. The van der Waals surface area contributed by atoms with Gasteiger partial charge in [-0.1, -0.05) is 0 Å². The zero-order valence-corrected chi connectivity index (χ0v) is 8.75. The van der Waals surface area contributed by atoms with E-state index in [0.717, 1.165) is 31.8 Å². The second kappa shape index (κ2) is 6.17. The van der Waals surface area contributed by atoms with Crippen molar-refractivity contribution in [3.8, 4) is 11.8 Å². The fourth-order valence-corrected chi connectivity index (χ4v) is 1.13. The Morgan fingerprint density at radius 1 is 1.50 bits per heavy atom. The standard InChI is InChI=1S/C10H16N4/c1-3-4-5-7-11-8-6-10-13-12-9-14(10)2/h9,11H,5-8H2,1-2H3. The molecule has 0 saturated heterocycles. The van der Waals surface area contributed by atoms with Gasteiger partial charge in [-0.2, -0.15) is 0 Å². The molecule has 0 amide bonds. The van der Waals surface area contributed by atoms with Crippen molar-refractivity contribution >= 4 is 0 Å². The molecule has 1 heterocycles. The van der Waals surface area contributed by atoms with E-state index in [9.17, 15) is 0 Å². The number of nitrogens with one attached hydrogen (secondary N) is 1. The molecular formula is C10H16N4. The maximum absolute atomic E-state index is 3.99. The highest BCUT2D eigenvalue weighted by atomic mass is 15.2. The molecule has 0 aromatic carbocycles. The van der Waals surface area contributed by atoms with Gasteiger partial charge in [0.15, 0.2) is 0 Å². The Balaban J connectivity index is 2.09. The lowest BCUT2D eigenvalue weighted by atomic mass is 10.3. The summed E-state index contributed by atoms with van der Waals surface area (Å²) >= 11 is 0. The third-order valence-corrected chi connectivity index (χ3v) is 1.93. The van der Waals surface area contributed by atoms with Crippen LogP contribution in [-0.4, -0.2) is 27.9 Å². The van der Waals surface area contributed by atoms with E-state index in [-0.39, 0.29) is 0 Å². The van der Waals surface area contributed by atoms with Crippen LogP contribution in [0.25, 0.3) is 0 Å². The summed E-state index contributed by atoms with van der Waals surface area (Å²) in [6.07, 6.45) is 3.54. The molecule has 0 bridgehead atoms. The van der Waals surface area contributed by atoms with Crippen molar-refractivity contribution in [3.63, 3.8) is 0 Å². The summed E-state index contributed by atoms with van der Waals surface area (Å²) in [6, 6.07) is 0. The zero-order chi connectivity index (χ0) is 10.2. The van der Waals surface area contributed by atoms with Crippen LogP contribution in [0.15, 0.2) is 6.33 Å². The van der Waals surface area contributed by atoms with E-state index >= 15 is 0 Å². The quantitative estimate of drug-likeness (QED) is 0.541. The summed E-state index contributed by atoms with van der Waals surface area (Å²) in [7, 11) is 1.96. The van der Waals surface area contributed by atoms with Crippen molar-refractivity contribution in [1.29, 1.82) is 0 Å². The molecule has 0 atom stereocenters. The van der Waals surface area contributed by atoms with E-state index in [2.05, 4.69) is 27.4 Å². The second-order valence-electron chi connectivity index (χ2n) is 3.03. The maximum Gasteiger partial charge on any atom is 0.133 e. The van der Waals surface area contributed by atoms with Crippen LogP contribution in [0, 0.1) is 11.8 Å². The molecule has 0 aliphatic heterocycles. The lowest BCUT2D eigenvalue weighted by molar-refractivity contribution is 0.660. The van der Waals surface area contributed by atoms with Gasteiger partial charge in [0.1, 0.15) is 12.2 Å². The average Bonchev–Trinajstić information content (AvgIpc) is 2.58. The Bertz CT molecular complexity index is 318. The normalized spacial score (nSPS) is 9.57. The predicted molar refractivity (Wildman–Crippen MR) is 55.6 cm³/mol. The molecule has 4 nitrogen and oxygen atoms in total. The van der Waals surface area contributed by atoms with Crippen molar-refractivity contribution in [2.45, 2.75) is 19.8 Å². The molecule has 1 rings (SSSR count). The number of hydrogen-bond acceptors (Lipinski definition) is 3. The van der Waals surface area contributed by atoms with Gasteiger partial charge in [0, 0.05) is 33.0 Å². The van der Waals surface area contributed by atoms with Gasteiger partial charge in [0.05, 0.1) is 0 Å². The zero-order valence-electron chi connectivity index (χ0n) is 8.75. The van der Waals surface area contributed by atoms with E-state index in [1.165, 1.54) is 0 Å². The summed E-state index contributed by atoms with van der Waals surface area (Å²) in [5, 5.41) is 11.1. The van der Waals surface area contributed by atoms with Gasteiger partial charge in [-0.15, -0.1) is 22.0 Å². The summed E-state index contributed by atoms with van der Waals surface area (Å²) in [6.45, 7) is 3.73. The molecule has 0 fully saturated rings. The van der Waals surface area contributed by atoms with E-state index in [1.807, 2.05) is 18.5 Å². The van der Waals surface area contributed by atoms with Gasteiger partial charge in [0.25, 0.3) is 0 Å². The van der Waals surface area contributed by atoms with Gasteiger partial charge in [-0.3, -0.25) is 0 Å². The molecule has 4 heteroatoms. The minimum absolute atomic E-state index is 0.912. The molecule has 76 valence electrons. The third kappa shape index (κ3) is 3.58. The Labute approximate surface area is 84.7 Å². The first-order chi connectivity index (χ1) is 6.84. The van der Waals surface area contributed by atoms with Crippen LogP contribution in [0.1, 0.15) is 19.2 Å². The summed E-state index contributed by atoms with van der Waals surface area (Å²) in [5.41, 5.74) is 0. The monoisotopic (exact) mass is 192 g/mol. The predicted octanol–water partition coefficient (Wildman–Crippen LogP) is 0.361. The molecule has 1 aromatic heterocycles. The molecule has 0 unspecified atom stereocenters. The van der Waals surface area contributed by atoms with Crippen LogP contribution < -0.4 is 5.32 Å². The lowest BCUT2D eigenvalue weighted by Crippen LogP contribution is -2.19. The van der Waals surface area contributed by atoms with Gasteiger partial charge < -0.3 is 9.88 Å². The van der Waals surface area contributed by atoms with Gasteiger partial charge >= 0.3 is 0 Å². The highest BCUT2D eigenvalue weighted by molar-refractivity contribution is 4.95. The topological polar surface area (TPSA) is 42.7 Å². The summed E-state index contributed by atoms with van der Waals surface area (Å²) < 4.78 is 1.94. The average molecular weight is 192 g/mol. The van der Waals surface area contributed by atoms with Crippen molar-refractivity contribution < 1.29 is 0 Å². The van der Waals surface area contributed by atoms with Crippen molar-refractivity contribution in [1.82, 2.24) is 20.1 Å². The third-order valence-electron chi connectivity index (χ3n) is 1.93. The Morgan fingerprint density at radius 3 is 3.00 bits per heavy atom. The fraction of sp³-hybridized carbons (Fsp3) is 0.600. The summed E-state index contributed by atoms with van der Waals surface area (Å²) in [5.74, 6) is 6.89. The van der Waals surface area contributed by atoms with Gasteiger partial charge in [-0.25, -0.2) is 0 Å². The van der Waals surface area contributed by atoms with E-state index in [0.29, 0.717) is 0 Å². The maximum atomic E-state index is 3.99. The van der Waals surface area contributed by atoms with Crippen LogP contribution in [0.5, 0.6) is 0 Å². The van der Waals surface area contributed by atoms with E-state index in [4.69, 9.17) is 0 Å². The van der Waals surface area contributed by atoms with Crippen molar-refractivity contribution in [3.05, 3.63) is 12.2 Å². The highest BCUT2D eigenvalue weighted by Gasteiger charge is 1.98. The first-order valence-electron chi connectivity index (χ1n) is 4.78. The van der Waals surface area contributed by atoms with Crippen LogP contribution in [0.3, 0.4) is 0 Å². The molecule has 0 radical (unpaired) electrons. The van der Waals surface area contributed by atoms with Crippen LogP contribution >= 0.6 is 0 Å². The molecule has 1 aromatic rings. The Hall–Kier alpha value is -1.34. The van der Waals surface area contributed by atoms with Crippen molar-refractivity contribution in [2.75, 3.05) is 13.1 Å². The summed E-state index contributed by atoms with van der Waals surface area (Å²) in [4.78, 5) is 0. The van der Waals surface area contributed by atoms with Crippen LogP contribution in [0.2, 0.25) is 0 Å². The first-order valence-corrected chi connectivity index (χ1v) is 4.78. The molecule has 0 spiro atoms. The SMILES string of the molecule is CC#CCCNCCc1nncn1C. The molecule has 0 aliphatic carbocycles.